The predicted octanol–water partition coefficient (Wildman–Crippen LogP) is 5.23. The number of nitrogens with zero attached hydrogens (tertiary/aromatic N) is 2. The van der Waals surface area contributed by atoms with Crippen LogP contribution >= 0.6 is 0 Å². The maximum atomic E-state index is 12.8. The van der Waals surface area contributed by atoms with Crippen molar-refractivity contribution >= 4 is 23.0 Å². The number of carboxylic acids is 1. The highest BCUT2D eigenvalue weighted by Crippen LogP contribution is 2.44. The van der Waals surface area contributed by atoms with Crippen molar-refractivity contribution < 1.29 is 19.7 Å². The molecule has 0 bridgehead atoms. The number of carbonyl (C=O) groups is 1. The number of aromatic nitrogens is 1. The molecular weight excluding hydrogens is 488 g/mol. The molecule has 6 heteroatoms. The lowest BCUT2D eigenvalue weighted by atomic mass is 9.98. The van der Waals surface area contributed by atoms with E-state index in [0.29, 0.717) is 6.54 Å². The normalized spacial score (nSPS) is 13.7. The third-order valence-corrected chi connectivity index (χ3v) is 7.36. The molecule has 0 amide bonds. The van der Waals surface area contributed by atoms with E-state index in [1.807, 2.05) is 85.1 Å². The second-order valence-corrected chi connectivity index (χ2v) is 9.78. The van der Waals surface area contributed by atoms with Crippen LogP contribution in [-0.4, -0.2) is 34.4 Å². The van der Waals surface area contributed by atoms with Gasteiger partial charge in [-0.2, -0.15) is 0 Å². The van der Waals surface area contributed by atoms with E-state index >= 15 is 0 Å². The zero-order valence-electron chi connectivity index (χ0n) is 21.2. The summed E-state index contributed by atoms with van der Waals surface area (Å²) in [5.41, 5.74) is 7.40. The van der Waals surface area contributed by atoms with Gasteiger partial charge in [0.15, 0.2) is 6.04 Å². The Morgan fingerprint density at radius 3 is 2.18 bits per heavy atom. The highest BCUT2D eigenvalue weighted by molar-refractivity contribution is 5.86. The fourth-order valence-electron chi connectivity index (χ4n) is 5.55. The van der Waals surface area contributed by atoms with Crippen LogP contribution in [0.4, 0.5) is 0 Å². The number of rotatable bonds is 8. The lowest BCUT2D eigenvalue weighted by Crippen LogP contribution is -2.30. The fraction of sp³-hybridized carbons (Fsp3) is 0.152. The zero-order valence-corrected chi connectivity index (χ0v) is 21.2. The first kappa shape index (κ1) is 24.5. The van der Waals surface area contributed by atoms with Crippen molar-refractivity contribution in [1.29, 1.82) is 0 Å². The molecule has 0 radical (unpaired) electrons. The molecule has 1 unspecified atom stereocenters. The SMILES string of the molecule is O=C(O)C(Cc1cn(Cc2ccccc2)c2ccccc12)N=C([O-])OCC1c2ccccc2-c2ccccc21. The van der Waals surface area contributed by atoms with Crippen LogP contribution in [0, 0.1) is 0 Å². The van der Waals surface area contributed by atoms with Crippen molar-refractivity contribution in [3.63, 3.8) is 0 Å². The molecule has 0 spiro atoms. The van der Waals surface area contributed by atoms with Crippen LogP contribution in [0.15, 0.2) is 114 Å². The van der Waals surface area contributed by atoms with Gasteiger partial charge in [-0.15, -0.1) is 0 Å². The summed E-state index contributed by atoms with van der Waals surface area (Å²) >= 11 is 0. The number of benzene rings is 4. The maximum Gasteiger partial charge on any atom is 0.328 e. The number of aliphatic carboxylic acids is 1. The predicted molar refractivity (Wildman–Crippen MR) is 150 cm³/mol. The maximum absolute atomic E-state index is 12.8. The van der Waals surface area contributed by atoms with Gasteiger partial charge in [0.1, 0.15) is 6.08 Å². The Morgan fingerprint density at radius 1 is 0.872 bits per heavy atom. The number of aliphatic imine (C=N–C) groups is 1. The van der Waals surface area contributed by atoms with Gasteiger partial charge in [0.2, 0.25) is 0 Å². The molecule has 194 valence electrons. The number of fused-ring (bicyclic) bond motifs is 4. The minimum atomic E-state index is -1.25. The van der Waals surface area contributed by atoms with Crippen molar-refractivity contribution in [3.05, 3.63) is 132 Å². The molecule has 1 heterocycles. The Hall–Kier alpha value is -4.84. The highest BCUT2D eigenvalue weighted by atomic mass is 16.6. The summed E-state index contributed by atoms with van der Waals surface area (Å²) < 4.78 is 7.66. The van der Waals surface area contributed by atoms with Crippen LogP contribution in [0.25, 0.3) is 22.0 Å². The highest BCUT2D eigenvalue weighted by Gasteiger charge is 2.27. The summed E-state index contributed by atoms with van der Waals surface area (Å²) in [6.45, 7) is 0.752. The molecule has 0 saturated heterocycles. The van der Waals surface area contributed by atoms with Gasteiger partial charge in [0, 0.05) is 42.6 Å². The number of ether oxygens (including phenoxy) is 1. The molecule has 1 N–H and O–H groups in total. The van der Waals surface area contributed by atoms with E-state index in [9.17, 15) is 15.0 Å². The molecule has 1 aliphatic rings. The molecule has 1 atom stereocenters. The van der Waals surface area contributed by atoms with Crippen molar-refractivity contribution in [1.82, 2.24) is 4.57 Å². The largest absolute Gasteiger partial charge is 0.599 e. The summed E-state index contributed by atoms with van der Waals surface area (Å²) in [6.07, 6.45) is 1.18. The first-order valence-electron chi connectivity index (χ1n) is 13.0. The molecule has 39 heavy (non-hydrogen) atoms. The summed E-state index contributed by atoms with van der Waals surface area (Å²) in [5.74, 6) is -1.28. The number of hydrogen-bond acceptors (Lipinski definition) is 4. The molecule has 1 aromatic heterocycles. The number of para-hydroxylation sites is 1. The van der Waals surface area contributed by atoms with Gasteiger partial charge in [-0.25, -0.2) is 4.79 Å². The monoisotopic (exact) mass is 515 g/mol. The van der Waals surface area contributed by atoms with Gasteiger partial charge < -0.3 is 19.5 Å². The van der Waals surface area contributed by atoms with E-state index in [1.54, 1.807) is 0 Å². The lowest BCUT2D eigenvalue weighted by molar-refractivity contribution is -0.251. The van der Waals surface area contributed by atoms with Gasteiger partial charge in [-0.3, -0.25) is 4.99 Å². The minimum Gasteiger partial charge on any atom is -0.599 e. The van der Waals surface area contributed by atoms with Crippen LogP contribution in [0.2, 0.25) is 0 Å². The van der Waals surface area contributed by atoms with E-state index in [0.717, 1.165) is 44.3 Å². The average molecular weight is 516 g/mol. The van der Waals surface area contributed by atoms with Crippen molar-refractivity contribution in [2.75, 3.05) is 6.61 Å². The van der Waals surface area contributed by atoms with Crippen molar-refractivity contribution in [2.45, 2.75) is 24.9 Å². The van der Waals surface area contributed by atoms with Gasteiger partial charge >= 0.3 is 5.97 Å². The summed E-state index contributed by atoms with van der Waals surface area (Å²) in [7, 11) is 0. The summed E-state index contributed by atoms with van der Waals surface area (Å²) in [5, 5.41) is 23.7. The molecule has 1 aliphatic carbocycles. The summed E-state index contributed by atoms with van der Waals surface area (Å²) in [4.78, 5) is 16.1. The van der Waals surface area contributed by atoms with E-state index in [4.69, 9.17) is 4.74 Å². The van der Waals surface area contributed by atoms with Crippen molar-refractivity contribution in [2.24, 2.45) is 4.99 Å². The Morgan fingerprint density at radius 2 is 1.49 bits per heavy atom. The van der Waals surface area contributed by atoms with Crippen LogP contribution in [0.5, 0.6) is 0 Å². The summed E-state index contributed by atoms with van der Waals surface area (Å²) in [6, 6.07) is 32.8. The third-order valence-electron chi connectivity index (χ3n) is 7.36. The molecule has 0 saturated carbocycles. The van der Waals surface area contributed by atoms with Gasteiger partial charge in [0.25, 0.3) is 0 Å². The molecule has 6 rings (SSSR count). The topological polar surface area (TPSA) is 86.9 Å². The van der Waals surface area contributed by atoms with Gasteiger partial charge in [-0.1, -0.05) is 97.1 Å². The van der Waals surface area contributed by atoms with E-state index in [2.05, 4.69) is 33.8 Å². The smallest absolute Gasteiger partial charge is 0.328 e. The molecule has 6 nitrogen and oxygen atoms in total. The Kier molecular flexibility index (Phi) is 6.59. The van der Waals surface area contributed by atoms with Crippen LogP contribution in [0.3, 0.4) is 0 Å². The third kappa shape index (κ3) is 4.89. The fourth-order valence-corrected chi connectivity index (χ4v) is 5.55. The first-order valence-corrected chi connectivity index (χ1v) is 13.0. The van der Waals surface area contributed by atoms with E-state index in [-0.39, 0.29) is 18.9 Å². The van der Waals surface area contributed by atoms with Crippen LogP contribution in [-0.2, 0) is 22.5 Å². The van der Waals surface area contributed by atoms with Gasteiger partial charge in [0.05, 0.1) is 0 Å². The Labute approximate surface area is 226 Å². The second kappa shape index (κ2) is 10.5. The minimum absolute atomic E-state index is 0.0852. The van der Waals surface area contributed by atoms with Crippen molar-refractivity contribution in [3.8, 4) is 11.1 Å². The quantitative estimate of drug-likeness (QED) is 0.226. The standard InChI is InChI=1S/C33H28N2O4/c36-32(37)30(18-23-20-35(19-22-10-2-1-3-11-22)31-17-9-8-12-24(23)31)34-33(38)39-21-29-27-15-6-4-13-25(27)26-14-5-7-16-28(26)29/h1-17,20,29-30H,18-19,21H2,(H,34,38)(H,36,37)/p-1. The Bertz CT molecular complexity index is 1630. The second-order valence-electron chi connectivity index (χ2n) is 9.78. The molecule has 0 aliphatic heterocycles. The van der Waals surface area contributed by atoms with Crippen LogP contribution in [0.1, 0.15) is 28.2 Å². The molecular formula is C33H27N2O4-. The zero-order chi connectivity index (χ0) is 26.8. The number of hydrogen-bond donors (Lipinski definition) is 1. The Balaban J connectivity index is 1.22. The van der Waals surface area contributed by atoms with Crippen LogP contribution < -0.4 is 5.11 Å². The first-order chi connectivity index (χ1) is 19.1. The molecule has 5 aromatic rings. The lowest BCUT2D eigenvalue weighted by Gasteiger charge is -2.22. The number of carboxylic acid groups (broad SMARTS) is 1. The van der Waals surface area contributed by atoms with E-state index in [1.165, 1.54) is 0 Å². The molecule has 0 fully saturated rings. The molecule has 4 aromatic carbocycles. The average Bonchev–Trinajstić information content (AvgIpc) is 3.47. The van der Waals surface area contributed by atoms with E-state index < -0.39 is 18.1 Å². The van der Waals surface area contributed by atoms with Gasteiger partial charge in [-0.05, 0) is 39.4 Å².